The summed E-state index contributed by atoms with van der Waals surface area (Å²) in [6.07, 6.45) is 77.6. The molecule has 0 spiro atoms. The average molecular weight is 1010 g/mol. The van der Waals surface area contributed by atoms with Crippen LogP contribution in [0.25, 0.3) is 0 Å². The molecule has 0 N–H and O–H groups in total. The maximum atomic E-state index is 12.9. The zero-order chi connectivity index (χ0) is 52.2. The van der Waals surface area contributed by atoms with Crippen LogP contribution in [0.15, 0.2) is 72.9 Å². The van der Waals surface area contributed by atoms with Crippen LogP contribution in [-0.2, 0) is 28.6 Å². The SMILES string of the molecule is CC/C=C\C/C=C\C/C=C\C/C=C\CCCCCCCCCCCCCCC(=O)OCC(COC(=O)CCCCCCC/C=C\CCCCCCC)OC(=O)CCCCCCC/C=C\CCCCCCCC. The second-order valence-electron chi connectivity index (χ2n) is 20.6. The van der Waals surface area contributed by atoms with Gasteiger partial charge in [0.2, 0.25) is 0 Å². The first-order chi connectivity index (χ1) is 35.5. The van der Waals surface area contributed by atoms with E-state index in [-0.39, 0.29) is 31.1 Å². The molecule has 416 valence electrons. The predicted molar refractivity (Wildman–Crippen MR) is 311 cm³/mol. The summed E-state index contributed by atoms with van der Waals surface area (Å²) < 4.78 is 16.9. The lowest BCUT2D eigenvalue weighted by atomic mass is 10.0. The topological polar surface area (TPSA) is 78.9 Å². The highest BCUT2D eigenvalue weighted by molar-refractivity contribution is 5.71. The Labute approximate surface area is 446 Å². The number of unbranched alkanes of at least 4 members (excludes halogenated alkanes) is 33. The molecule has 0 aromatic heterocycles. The van der Waals surface area contributed by atoms with Crippen molar-refractivity contribution in [1.29, 1.82) is 0 Å². The quantitative estimate of drug-likeness (QED) is 0.0261. The highest BCUT2D eigenvalue weighted by Gasteiger charge is 2.19. The molecule has 0 saturated heterocycles. The van der Waals surface area contributed by atoms with Crippen LogP contribution in [-0.4, -0.2) is 37.2 Å². The van der Waals surface area contributed by atoms with Crippen molar-refractivity contribution in [2.45, 2.75) is 316 Å². The second kappa shape index (κ2) is 60.4. The van der Waals surface area contributed by atoms with Crippen LogP contribution in [0.1, 0.15) is 310 Å². The molecule has 1 unspecified atom stereocenters. The number of allylic oxidation sites excluding steroid dienone is 12. The first kappa shape index (κ1) is 68.8. The van der Waals surface area contributed by atoms with Gasteiger partial charge in [0, 0.05) is 19.3 Å². The van der Waals surface area contributed by atoms with Gasteiger partial charge in [-0.15, -0.1) is 0 Å². The van der Waals surface area contributed by atoms with Crippen LogP contribution in [0.4, 0.5) is 0 Å². The maximum absolute atomic E-state index is 12.9. The van der Waals surface area contributed by atoms with Crippen LogP contribution in [0, 0.1) is 0 Å². The third-order valence-electron chi connectivity index (χ3n) is 13.4. The average Bonchev–Trinajstić information content (AvgIpc) is 3.38. The van der Waals surface area contributed by atoms with Crippen molar-refractivity contribution in [1.82, 2.24) is 0 Å². The molecule has 0 fully saturated rings. The molecule has 0 heterocycles. The summed E-state index contributed by atoms with van der Waals surface area (Å²) in [4.78, 5) is 38.2. The summed E-state index contributed by atoms with van der Waals surface area (Å²) in [5.41, 5.74) is 0. The summed E-state index contributed by atoms with van der Waals surface area (Å²) in [7, 11) is 0. The van der Waals surface area contributed by atoms with Crippen molar-refractivity contribution in [2.75, 3.05) is 13.2 Å². The summed E-state index contributed by atoms with van der Waals surface area (Å²) in [5.74, 6) is -0.887. The van der Waals surface area contributed by atoms with Gasteiger partial charge in [-0.05, 0) is 109 Å². The number of hydrogen-bond acceptors (Lipinski definition) is 6. The normalized spacial score (nSPS) is 12.5. The molecule has 0 aromatic carbocycles. The van der Waals surface area contributed by atoms with Crippen LogP contribution in [0.3, 0.4) is 0 Å². The lowest BCUT2D eigenvalue weighted by molar-refractivity contribution is -0.167. The van der Waals surface area contributed by atoms with E-state index in [1.807, 2.05) is 0 Å². The third-order valence-corrected chi connectivity index (χ3v) is 13.4. The molecule has 0 saturated carbocycles. The molecule has 6 nitrogen and oxygen atoms in total. The Morgan fingerprint density at radius 1 is 0.292 bits per heavy atom. The van der Waals surface area contributed by atoms with Gasteiger partial charge in [0.25, 0.3) is 0 Å². The largest absolute Gasteiger partial charge is 0.462 e. The van der Waals surface area contributed by atoms with E-state index in [0.717, 1.165) is 103 Å². The van der Waals surface area contributed by atoms with Crippen LogP contribution in [0.5, 0.6) is 0 Å². The van der Waals surface area contributed by atoms with Gasteiger partial charge in [-0.3, -0.25) is 14.4 Å². The first-order valence-corrected chi connectivity index (χ1v) is 30.9. The van der Waals surface area contributed by atoms with Gasteiger partial charge in [0.15, 0.2) is 6.10 Å². The first-order valence-electron chi connectivity index (χ1n) is 30.9. The minimum Gasteiger partial charge on any atom is -0.462 e. The van der Waals surface area contributed by atoms with E-state index in [1.54, 1.807) is 0 Å². The zero-order valence-electron chi connectivity index (χ0n) is 47.7. The fourth-order valence-corrected chi connectivity index (χ4v) is 8.78. The Hall–Kier alpha value is -3.15. The van der Waals surface area contributed by atoms with E-state index in [9.17, 15) is 14.4 Å². The van der Waals surface area contributed by atoms with Gasteiger partial charge < -0.3 is 14.2 Å². The smallest absolute Gasteiger partial charge is 0.306 e. The third kappa shape index (κ3) is 57.7. The molecule has 72 heavy (non-hydrogen) atoms. The van der Waals surface area contributed by atoms with Gasteiger partial charge in [0.1, 0.15) is 13.2 Å². The highest BCUT2D eigenvalue weighted by Crippen LogP contribution is 2.16. The molecule has 0 aromatic rings. The van der Waals surface area contributed by atoms with Crippen molar-refractivity contribution in [3.8, 4) is 0 Å². The van der Waals surface area contributed by atoms with Gasteiger partial charge >= 0.3 is 17.9 Å². The molecule has 0 rings (SSSR count). The molecule has 0 aliphatic rings. The van der Waals surface area contributed by atoms with E-state index < -0.39 is 6.10 Å². The van der Waals surface area contributed by atoms with Gasteiger partial charge in [-0.1, -0.05) is 254 Å². The van der Waals surface area contributed by atoms with E-state index >= 15 is 0 Å². The standard InChI is InChI=1S/C66H116O6/c1-4-7-10-13-16-19-22-25-28-29-30-31-32-33-34-35-36-37-39-41-44-47-50-53-56-59-65(68)71-62-63(61-70-64(67)58-55-52-49-46-43-40-27-24-21-18-15-12-9-6-3)72-66(69)60-57-54-51-48-45-42-38-26-23-20-17-14-11-8-5-2/h7,10,16,19,24-28,30-31,38,63H,4-6,8-9,11-15,17-18,20-23,29,32-37,39-62H2,1-3H3/b10-7-,19-16-,27-24-,28-25-,31-30-,38-26-. The highest BCUT2D eigenvalue weighted by atomic mass is 16.6. The molecule has 1 atom stereocenters. The number of carbonyl (C=O) groups is 3. The van der Waals surface area contributed by atoms with Crippen molar-refractivity contribution >= 4 is 17.9 Å². The number of ether oxygens (including phenoxy) is 3. The van der Waals surface area contributed by atoms with Gasteiger partial charge in [-0.25, -0.2) is 0 Å². The lowest BCUT2D eigenvalue weighted by Crippen LogP contribution is -2.30. The van der Waals surface area contributed by atoms with Crippen molar-refractivity contribution in [3.63, 3.8) is 0 Å². The fourth-order valence-electron chi connectivity index (χ4n) is 8.78. The van der Waals surface area contributed by atoms with Crippen LogP contribution in [0.2, 0.25) is 0 Å². The van der Waals surface area contributed by atoms with Gasteiger partial charge in [0.05, 0.1) is 0 Å². The minimum atomic E-state index is -0.783. The van der Waals surface area contributed by atoms with Gasteiger partial charge in [-0.2, -0.15) is 0 Å². The number of carbonyl (C=O) groups excluding carboxylic acids is 3. The maximum Gasteiger partial charge on any atom is 0.306 e. The number of esters is 3. The fraction of sp³-hybridized carbons (Fsp3) is 0.773. The Morgan fingerprint density at radius 3 is 0.861 bits per heavy atom. The molecule has 0 amide bonds. The van der Waals surface area contributed by atoms with Crippen molar-refractivity contribution in [3.05, 3.63) is 72.9 Å². The van der Waals surface area contributed by atoms with E-state index in [2.05, 4.69) is 93.7 Å². The van der Waals surface area contributed by atoms with Crippen molar-refractivity contribution < 1.29 is 28.6 Å². The molecule has 0 radical (unpaired) electrons. The summed E-state index contributed by atoms with van der Waals surface area (Å²) in [6.45, 7) is 6.53. The predicted octanol–water partition coefficient (Wildman–Crippen LogP) is 20.9. The molecule has 0 bridgehead atoms. The number of rotatable bonds is 56. The summed E-state index contributed by atoms with van der Waals surface area (Å²) in [6, 6.07) is 0. The lowest BCUT2D eigenvalue weighted by Gasteiger charge is -2.18. The molecular weight excluding hydrogens is 889 g/mol. The molecule has 0 aliphatic heterocycles. The molecular formula is C66H116O6. The summed E-state index contributed by atoms with van der Waals surface area (Å²) in [5, 5.41) is 0. The van der Waals surface area contributed by atoms with Crippen LogP contribution < -0.4 is 0 Å². The molecule has 0 aliphatic carbocycles. The monoisotopic (exact) mass is 1000 g/mol. The Balaban J connectivity index is 4.30. The zero-order valence-corrected chi connectivity index (χ0v) is 47.7. The second-order valence-corrected chi connectivity index (χ2v) is 20.6. The minimum absolute atomic E-state index is 0.0805. The Bertz CT molecular complexity index is 1340. The van der Waals surface area contributed by atoms with Crippen LogP contribution >= 0.6 is 0 Å². The summed E-state index contributed by atoms with van der Waals surface area (Å²) >= 11 is 0. The number of hydrogen-bond donors (Lipinski definition) is 0. The van der Waals surface area contributed by atoms with Crippen molar-refractivity contribution in [2.24, 2.45) is 0 Å². The van der Waals surface area contributed by atoms with E-state index in [0.29, 0.717) is 19.3 Å². The van der Waals surface area contributed by atoms with E-state index in [1.165, 1.54) is 167 Å². The van der Waals surface area contributed by atoms with E-state index in [4.69, 9.17) is 14.2 Å². The molecule has 6 heteroatoms. The Morgan fingerprint density at radius 2 is 0.542 bits per heavy atom. The Kier molecular flexibility index (Phi) is 57.8.